The standard InChI is InChI=1S/C68H65N/c1-13-42-33-46(27-29-50(42)54-36-60-56(34-43(54)14-2)64-52-21-17-15-19-48(52)40(5)31-62(64)67(60,9)10)69(45-25-23-44(24-26-45)39(3)4)47-28-30-51-55-37-61-57(38-59(55)66(7,8)58(51)35-47)65-53-22-18-16-20-49(53)41(6)32-63(65)68(61,11)12/h15-39H,13-14H2,1-12H3. The van der Waals surface area contributed by atoms with Gasteiger partial charge in [-0.1, -0.05) is 160 Å². The summed E-state index contributed by atoms with van der Waals surface area (Å²) in [5.41, 5.74) is 29.6. The molecular formula is C68H65N. The van der Waals surface area contributed by atoms with Crippen molar-refractivity contribution in [2.24, 2.45) is 0 Å². The van der Waals surface area contributed by atoms with Gasteiger partial charge in [0.15, 0.2) is 0 Å². The van der Waals surface area contributed by atoms with E-state index in [1.807, 2.05) is 0 Å². The molecule has 0 unspecified atom stereocenters. The Morgan fingerprint density at radius 1 is 0.377 bits per heavy atom. The number of benzene rings is 9. The van der Waals surface area contributed by atoms with E-state index in [0.29, 0.717) is 5.92 Å². The predicted molar refractivity (Wildman–Crippen MR) is 297 cm³/mol. The lowest BCUT2D eigenvalue weighted by Gasteiger charge is -2.29. The Labute approximate surface area is 410 Å². The van der Waals surface area contributed by atoms with Crippen molar-refractivity contribution >= 4 is 38.6 Å². The summed E-state index contributed by atoms with van der Waals surface area (Å²) in [6.07, 6.45) is 1.90. The van der Waals surface area contributed by atoms with E-state index in [1.54, 1.807) is 0 Å². The van der Waals surface area contributed by atoms with Crippen molar-refractivity contribution in [3.05, 3.63) is 207 Å². The van der Waals surface area contributed by atoms with E-state index >= 15 is 0 Å². The van der Waals surface area contributed by atoms with Crippen molar-refractivity contribution in [1.82, 2.24) is 0 Å². The number of aryl methyl sites for hydroxylation is 4. The fraction of sp³-hybridized carbons (Fsp3) is 0.265. The van der Waals surface area contributed by atoms with Crippen molar-refractivity contribution < 1.29 is 0 Å². The van der Waals surface area contributed by atoms with Crippen LogP contribution in [0, 0.1) is 13.8 Å². The largest absolute Gasteiger partial charge is 0.310 e. The third-order valence-electron chi connectivity index (χ3n) is 17.3. The Bertz CT molecular complexity index is 3650. The Balaban J connectivity index is 0.987. The molecule has 69 heavy (non-hydrogen) atoms. The molecule has 0 amide bonds. The molecule has 1 heteroatoms. The second kappa shape index (κ2) is 15.1. The van der Waals surface area contributed by atoms with Gasteiger partial charge in [-0.3, -0.25) is 0 Å². The molecule has 0 N–H and O–H groups in total. The van der Waals surface area contributed by atoms with Crippen molar-refractivity contribution in [2.75, 3.05) is 4.90 Å². The van der Waals surface area contributed by atoms with Gasteiger partial charge in [0.25, 0.3) is 0 Å². The highest BCUT2D eigenvalue weighted by atomic mass is 15.1. The zero-order chi connectivity index (χ0) is 48.1. The van der Waals surface area contributed by atoms with Crippen molar-refractivity contribution in [3.63, 3.8) is 0 Å². The Hall–Kier alpha value is -6.70. The van der Waals surface area contributed by atoms with Crippen LogP contribution in [0.2, 0.25) is 0 Å². The van der Waals surface area contributed by atoms with E-state index in [1.165, 1.54) is 144 Å². The van der Waals surface area contributed by atoms with Gasteiger partial charge < -0.3 is 4.90 Å². The normalized spacial score (nSPS) is 15.3. The minimum atomic E-state index is -0.197. The molecule has 0 spiro atoms. The van der Waals surface area contributed by atoms with Crippen LogP contribution in [0.5, 0.6) is 0 Å². The molecule has 3 aliphatic rings. The molecule has 0 bridgehead atoms. The quantitative estimate of drug-likeness (QED) is 0.154. The summed E-state index contributed by atoms with van der Waals surface area (Å²) in [4.78, 5) is 2.51. The van der Waals surface area contributed by atoms with Gasteiger partial charge in [0.05, 0.1) is 0 Å². The monoisotopic (exact) mass is 896 g/mol. The maximum atomic E-state index is 2.57. The third kappa shape index (κ3) is 6.14. The summed E-state index contributed by atoms with van der Waals surface area (Å²) < 4.78 is 0. The molecule has 0 aromatic heterocycles. The van der Waals surface area contributed by atoms with Crippen molar-refractivity contribution in [2.45, 2.75) is 118 Å². The minimum absolute atomic E-state index is 0.101. The van der Waals surface area contributed by atoms with E-state index in [2.05, 4.69) is 234 Å². The summed E-state index contributed by atoms with van der Waals surface area (Å²) in [5, 5.41) is 5.44. The maximum Gasteiger partial charge on any atom is 0.0465 e. The molecule has 1 nitrogen and oxygen atoms in total. The van der Waals surface area contributed by atoms with Gasteiger partial charge in [0.1, 0.15) is 0 Å². The molecule has 0 atom stereocenters. The number of hydrogen-bond acceptors (Lipinski definition) is 1. The maximum absolute atomic E-state index is 2.57. The van der Waals surface area contributed by atoms with Crippen LogP contribution in [0.1, 0.15) is 136 Å². The molecule has 3 aliphatic carbocycles. The molecule has 9 aromatic carbocycles. The second-order valence-corrected chi connectivity index (χ2v) is 22.6. The SMILES string of the molecule is CCc1cc(N(c2ccc(C(C)C)cc2)c2ccc3c(c2)C(C)(C)c2cc4c(cc2-3)C(C)(C)c2cc(C)c3ccccc3c2-4)ccc1-c1cc2c(cc1CC)-c1c(cc(C)c3ccccc13)C2(C)C. The molecule has 9 aromatic rings. The lowest BCUT2D eigenvalue weighted by Crippen LogP contribution is -2.17. The molecule has 0 saturated heterocycles. The van der Waals surface area contributed by atoms with E-state index < -0.39 is 0 Å². The number of fused-ring (bicyclic) bond motifs is 13. The number of rotatable bonds is 7. The van der Waals surface area contributed by atoms with Crippen LogP contribution < -0.4 is 4.90 Å². The molecule has 0 fully saturated rings. The van der Waals surface area contributed by atoms with Crippen LogP contribution in [0.25, 0.3) is 66.1 Å². The van der Waals surface area contributed by atoms with Gasteiger partial charge in [-0.15, -0.1) is 0 Å². The average Bonchev–Trinajstić information content (AvgIpc) is 3.81. The predicted octanol–water partition coefficient (Wildman–Crippen LogP) is 18.9. The molecule has 12 rings (SSSR count). The first-order chi connectivity index (χ1) is 33.0. The van der Waals surface area contributed by atoms with Gasteiger partial charge in [-0.2, -0.15) is 0 Å². The van der Waals surface area contributed by atoms with Gasteiger partial charge in [-0.25, -0.2) is 0 Å². The smallest absolute Gasteiger partial charge is 0.0465 e. The van der Waals surface area contributed by atoms with E-state index in [9.17, 15) is 0 Å². The topological polar surface area (TPSA) is 3.24 Å². The van der Waals surface area contributed by atoms with Gasteiger partial charge in [-0.05, 0) is 214 Å². The highest BCUT2D eigenvalue weighted by Crippen LogP contribution is 2.59. The van der Waals surface area contributed by atoms with Gasteiger partial charge >= 0.3 is 0 Å². The zero-order valence-corrected chi connectivity index (χ0v) is 42.8. The average molecular weight is 896 g/mol. The molecule has 0 aliphatic heterocycles. The molecule has 342 valence electrons. The Morgan fingerprint density at radius 3 is 1.35 bits per heavy atom. The summed E-state index contributed by atoms with van der Waals surface area (Å²) in [7, 11) is 0. The molecule has 0 saturated carbocycles. The zero-order valence-electron chi connectivity index (χ0n) is 42.8. The third-order valence-corrected chi connectivity index (χ3v) is 17.3. The number of anilines is 3. The van der Waals surface area contributed by atoms with Crippen LogP contribution in [-0.2, 0) is 29.1 Å². The highest BCUT2D eigenvalue weighted by molar-refractivity contribution is 6.06. The van der Waals surface area contributed by atoms with Crippen LogP contribution in [0.15, 0.2) is 146 Å². The Kier molecular flexibility index (Phi) is 9.57. The van der Waals surface area contributed by atoms with Crippen LogP contribution >= 0.6 is 0 Å². The number of hydrogen-bond donors (Lipinski definition) is 0. The van der Waals surface area contributed by atoms with Crippen LogP contribution in [-0.4, -0.2) is 0 Å². The number of nitrogens with zero attached hydrogens (tertiary/aromatic N) is 1. The fourth-order valence-corrected chi connectivity index (χ4v) is 13.2. The molecule has 0 heterocycles. The summed E-state index contributed by atoms with van der Waals surface area (Å²) >= 11 is 0. The first-order valence-electron chi connectivity index (χ1n) is 25.7. The van der Waals surface area contributed by atoms with E-state index in [-0.39, 0.29) is 16.2 Å². The van der Waals surface area contributed by atoms with Crippen LogP contribution in [0.4, 0.5) is 17.1 Å². The van der Waals surface area contributed by atoms with Crippen LogP contribution in [0.3, 0.4) is 0 Å². The minimum Gasteiger partial charge on any atom is -0.310 e. The lowest BCUT2D eigenvalue weighted by atomic mass is 9.79. The highest BCUT2D eigenvalue weighted by Gasteiger charge is 2.43. The first kappa shape index (κ1) is 43.6. The lowest BCUT2D eigenvalue weighted by molar-refractivity contribution is 0.652. The van der Waals surface area contributed by atoms with E-state index in [0.717, 1.165) is 12.8 Å². The summed E-state index contributed by atoms with van der Waals surface area (Å²) in [5.74, 6) is 0.457. The molecule has 0 radical (unpaired) electrons. The van der Waals surface area contributed by atoms with Gasteiger partial charge in [0, 0.05) is 33.3 Å². The van der Waals surface area contributed by atoms with Crippen molar-refractivity contribution in [3.8, 4) is 44.5 Å². The summed E-state index contributed by atoms with van der Waals surface area (Å²) in [6.45, 7) is 28.4. The Morgan fingerprint density at radius 2 is 0.797 bits per heavy atom. The molecular weight excluding hydrogens is 831 g/mol. The van der Waals surface area contributed by atoms with Gasteiger partial charge in [0.2, 0.25) is 0 Å². The van der Waals surface area contributed by atoms with Crippen molar-refractivity contribution in [1.29, 1.82) is 0 Å². The van der Waals surface area contributed by atoms with E-state index in [4.69, 9.17) is 0 Å². The summed E-state index contributed by atoms with van der Waals surface area (Å²) in [6, 6.07) is 57.1. The first-order valence-corrected chi connectivity index (χ1v) is 25.7. The fourth-order valence-electron chi connectivity index (χ4n) is 13.2. The second-order valence-electron chi connectivity index (χ2n) is 22.6.